The van der Waals surface area contributed by atoms with Gasteiger partial charge >= 0.3 is 0 Å². The average molecular weight is 440 g/mol. The fraction of sp³-hybridized carbons (Fsp3) is 0.375. The maximum Gasteiger partial charge on any atom is 0.260 e. The highest BCUT2D eigenvalue weighted by atomic mass is 32.2. The molecule has 1 N–H and O–H groups in total. The first-order valence-corrected chi connectivity index (χ1v) is 11.5. The Balaban J connectivity index is 1.41. The summed E-state index contributed by atoms with van der Waals surface area (Å²) in [5.41, 5.74) is 4.60. The number of carbonyl (C=O) groups is 2. The molecule has 3 rings (SSSR count). The topological polar surface area (TPSA) is 71.0 Å². The Morgan fingerprint density at radius 2 is 1.77 bits per heavy atom. The van der Waals surface area contributed by atoms with Gasteiger partial charge in [0.2, 0.25) is 0 Å². The van der Waals surface area contributed by atoms with Crippen molar-refractivity contribution in [1.29, 1.82) is 0 Å². The largest absolute Gasteiger partial charge is 0.484 e. The third kappa shape index (κ3) is 7.43. The fourth-order valence-corrected chi connectivity index (χ4v) is 4.03. The average Bonchev–Trinajstić information content (AvgIpc) is 2.80. The minimum Gasteiger partial charge on any atom is -0.484 e. The van der Waals surface area contributed by atoms with Crippen molar-refractivity contribution in [3.8, 4) is 5.75 Å². The van der Waals surface area contributed by atoms with Crippen LogP contribution >= 0.6 is 11.8 Å². The zero-order valence-corrected chi connectivity index (χ0v) is 18.9. The lowest BCUT2D eigenvalue weighted by Crippen LogP contribution is -2.38. The number of hydrazone groups is 1. The first kappa shape index (κ1) is 22.9. The van der Waals surface area contributed by atoms with E-state index in [-0.39, 0.29) is 23.7 Å². The summed E-state index contributed by atoms with van der Waals surface area (Å²) in [6.45, 7) is 5.59. The molecule has 1 aliphatic heterocycles. The molecule has 164 valence electrons. The van der Waals surface area contributed by atoms with Crippen molar-refractivity contribution in [3.05, 3.63) is 59.7 Å². The molecule has 1 saturated heterocycles. The van der Waals surface area contributed by atoms with Crippen molar-refractivity contribution >= 4 is 29.8 Å². The molecule has 0 radical (unpaired) electrons. The predicted molar refractivity (Wildman–Crippen MR) is 125 cm³/mol. The summed E-state index contributed by atoms with van der Waals surface area (Å²) in [7, 11) is 0. The second kappa shape index (κ2) is 11.6. The van der Waals surface area contributed by atoms with Crippen LogP contribution in [0.5, 0.6) is 5.75 Å². The molecule has 1 aliphatic rings. The maximum absolute atomic E-state index is 12.2. The van der Waals surface area contributed by atoms with Crippen molar-refractivity contribution in [1.82, 2.24) is 10.3 Å². The number of likely N-dealkylation sites (tertiary alicyclic amines) is 1. The van der Waals surface area contributed by atoms with E-state index < -0.39 is 0 Å². The minimum atomic E-state index is -0.256. The number of aryl methyl sites for hydroxylation is 1. The molecule has 1 heterocycles. The highest BCUT2D eigenvalue weighted by molar-refractivity contribution is 8.00. The number of nitrogens with zero attached hydrogens (tertiary/aromatic N) is 2. The second-order valence-electron chi connectivity index (χ2n) is 7.61. The molecule has 1 unspecified atom stereocenters. The van der Waals surface area contributed by atoms with Crippen LogP contribution in [0.2, 0.25) is 0 Å². The third-order valence-corrected chi connectivity index (χ3v) is 6.15. The van der Waals surface area contributed by atoms with Crippen LogP contribution < -0.4 is 10.2 Å². The van der Waals surface area contributed by atoms with E-state index >= 15 is 0 Å². The summed E-state index contributed by atoms with van der Waals surface area (Å²) in [6, 6.07) is 15.3. The molecule has 0 aliphatic carbocycles. The number of hydrogen-bond acceptors (Lipinski definition) is 5. The first-order chi connectivity index (χ1) is 15.0. The second-order valence-corrected chi connectivity index (χ2v) is 9.02. The van der Waals surface area contributed by atoms with Gasteiger partial charge in [-0.15, -0.1) is 11.8 Å². The molecule has 7 heteroatoms. The summed E-state index contributed by atoms with van der Waals surface area (Å²) in [5.74, 6) is 0.512. The zero-order valence-electron chi connectivity index (χ0n) is 18.0. The molecule has 31 heavy (non-hydrogen) atoms. The lowest BCUT2D eigenvalue weighted by molar-refractivity contribution is -0.134. The van der Waals surface area contributed by atoms with Gasteiger partial charge < -0.3 is 9.64 Å². The number of hydrogen-bond donors (Lipinski definition) is 1. The van der Waals surface area contributed by atoms with Crippen LogP contribution in [-0.4, -0.2) is 47.9 Å². The Hall–Kier alpha value is -2.80. The number of nitrogens with one attached hydrogen (secondary N) is 1. The molecular weight excluding hydrogens is 410 g/mol. The molecule has 6 nitrogen and oxygen atoms in total. The highest BCUT2D eigenvalue weighted by Gasteiger charge is 2.16. The minimum absolute atomic E-state index is 0.0330. The number of thioether (sulfide) groups is 1. The quantitative estimate of drug-likeness (QED) is 0.383. The molecule has 0 spiro atoms. The molecule has 2 amide bonds. The summed E-state index contributed by atoms with van der Waals surface area (Å²) < 4.78 is 5.61. The van der Waals surface area contributed by atoms with Crippen LogP contribution in [0, 0.1) is 6.92 Å². The Bertz CT molecular complexity index is 891. The lowest BCUT2D eigenvalue weighted by Gasteiger charge is -2.26. The van der Waals surface area contributed by atoms with E-state index in [0.29, 0.717) is 5.75 Å². The van der Waals surface area contributed by atoms with Crippen LogP contribution in [0.1, 0.15) is 37.3 Å². The van der Waals surface area contributed by atoms with E-state index in [2.05, 4.69) is 10.5 Å². The van der Waals surface area contributed by atoms with Crippen LogP contribution in [-0.2, 0) is 9.59 Å². The summed E-state index contributed by atoms with van der Waals surface area (Å²) >= 11 is 1.49. The van der Waals surface area contributed by atoms with Crippen LogP contribution in [0.25, 0.3) is 0 Å². The van der Waals surface area contributed by atoms with Gasteiger partial charge in [-0.1, -0.05) is 17.7 Å². The van der Waals surface area contributed by atoms with Crippen molar-refractivity contribution in [2.45, 2.75) is 43.3 Å². The smallest absolute Gasteiger partial charge is 0.260 e. The lowest BCUT2D eigenvalue weighted by atomic mass is 10.1. The molecule has 0 saturated carbocycles. The van der Waals surface area contributed by atoms with Gasteiger partial charge in [-0.2, -0.15) is 5.10 Å². The van der Waals surface area contributed by atoms with Gasteiger partial charge in [-0.05, 0) is 75.1 Å². The van der Waals surface area contributed by atoms with Gasteiger partial charge in [0.25, 0.3) is 11.8 Å². The molecule has 2 aromatic carbocycles. The molecule has 0 bridgehead atoms. The van der Waals surface area contributed by atoms with Crippen molar-refractivity contribution in [2.75, 3.05) is 19.7 Å². The standard InChI is InChI=1S/C24H29N3O3S/c1-18-6-12-22(13-7-18)31-19(2)24(29)26-25-16-20-8-10-21(11-9-20)30-17-23(28)27-14-4-3-5-15-27/h6-13,16,19H,3-5,14-15,17H2,1-2H3,(H,26,29). The van der Waals surface area contributed by atoms with E-state index in [1.54, 1.807) is 18.3 Å². The van der Waals surface area contributed by atoms with E-state index in [1.807, 2.05) is 55.1 Å². The number of rotatable bonds is 8. The van der Waals surface area contributed by atoms with Crippen molar-refractivity contribution in [2.24, 2.45) is 5.10 Å². The first-order valence-electron chi connectivity index (χ1n) is 10.6. The van der Waals surface area contributed by atoms with Gasteiger partial charge in [-0.3, -0.25) is 9.59 Å². The highest BCUT2D eigenvalue weighted by Crippen LogP contribution is 2.23. The molecule has 1 fully saturated rings. The third-order valence-electron chi connectivity index (χ3n) is 5.04. The normalized spacial score (nSPS) is 15.0. The Morgan fingerprint density at radius 3 is 2.45 bits per heavy atom. The summed E-state index contributed by atoms with van der Waals surface area (Å²) in [6.07, 6.45) is 4.92. The summed E-state index contributed by atoms with van der Waals surface area (Å²) in [4.78, 5) is 27.3. The molecule has 0 aromatic heterocycles. The summed E-state index contributed by atoms with van der Waals surface area (Å²) in [5, 5.41) is 3.79. The van der Waals surface area contributed by atoms with E-state index in [0.717, 1.165) is 36.4 Å². The maximum atomic E-state index is 12.2. The van der Waals surface area contributed by atoms with Crippen LogP contribution in [0.4, 0.5) is 0 Å². The molecular formula is C24H29N3O3S. The fourth-order valence-electron chi connectivity index (χ4n) is 3.17. The van der Waals surface area contributed by atoms with Gasteiger partial charge in [-0.25, -0.2) is 5.43 Å². The zero-order chi connectivity index (χ0) is 22.1. The SMILES string of the molecule is Cc1ccc(SC(C)C(=O)NN=Cc2ccc(OCC(=O)N3CCCCC3)cc2)cc1. The Labute approximate surface area is 188 Å². The molecule has 2 aromatic rings. The molecule has 1 atom stereocenters. The van der Waals surface area contributed by atoms with E-state index in [1.165, 1.54) is 23.7 Å². The van der Waals surface area contributed by atoms with Gasteiger partial charge in [0.05, 0.1) is 11.5 Å². The van der Waals surface area contributed by atoms with E-state index in [4.69, 9.17) is 4.74 Å². The van der Waals surface area contributed by atoms with Gasteiger partial charge in [0.1, 0.15) is 5.75 Å². The van der Waals surface area contributed by atoms with Crippen molar-refractivity contribution < 1.29 is 14.3 Å². The number of benzene rings is 2. The van der Waals surface area contributed by atoms with Crippen LogP contribution in [0.15, 0.2) is 58.5 Å². The van der Waals surface area contributed by atoms with Crippen molar-refractivity contribution in [3.63, 3.8) is 0 Å². The Kier molecular flexibility index (Phi) is 8.53. The van der Waals surface area contributed by atoms with E-state index in [9.17, 15) is 9.59 Å². The number of piperidine rings is 1. The van der Waals surface area contributed by atoms with Crippen LogP contribution in [0.3, 0.4) is 0 Å². The number of amides is 2. The van der Waals surface area contributed by atoms with Gasteiger partial charge in [0, 0.05) is 18.0 Å². The number of carbonyl (C=O) groups excluding carboxylic acids is 2. The van der Waals surface area contributed by atoms with Gasteiger partial charge in [0.15, 0.2) is 6.61 Å². The predicted octanol–water partition coefficient (Wildman–Crippen LogP) is 4.02. The number of ether oxygens (including phenoxy) is 1. The monoisotopic (exact) mass is 439 g/mol. The Morgan fingerprint density at radius 1 is 1.10 bits per heavy atom.